The summed E-state index contributed by atoms with van der Waals surface area (Å²) in [4.78, 5) is 0.233. The second-order valence-corrected chi connectivity index (χ2v) is 6.30. The van der Waals surface area contributed by atoms with Crippen molar-refractivity contribution in [3.8, 4) is 0 Å². The maximum absolute atomic E-state index is 12.3. The first-order valence-electron chi connectivity index (χ1n) is 6.14. The van der Waals surface area contributed by atoms with Gasteiger partial charge in [-0.1, -0.05) is 17.3 Å². The van der Waals surface area contributed by atoms with Crippen molar-refractivity contribution in [3.63, 3.8) is 0 Å². The molecular formula is C13H17N3O3S. The molecule has 2 rings (SSSR count). The molecule has 0 unspecified atom stereocenters. The molecule has 0 aliphatic heterocycles. The van der Waals surface area contributed by atoms with Crippen LogP contribution in [0.25, 0.3) is 0 Å². The smallest absolute Gasteiger partial charge is 0.241 e. The lowest BCUT2D eigenvalue weighted by atomic mass is 10.1. The molecule has 0 amide bonds. The Kier molecular flexibility index (Phi) is 4.22. The highest BCUT2D eigenvalue weighted by molar-refractivity contribution is 7.89. The minimum atomic E-state index is -3.61. The molecular weight excluding hydrogens is 278 g/mol. The van der Waals surface area contributed by atoms with Crippen molar-refractivity contribution in [2.45, 2.75) is 31.8 Å². The van der Waals surface area contributed by atoms with Gasteiger partial charge in [-0.25, -0.2) is 13.1 Å². The van der Waals surface area contributed by atoms with Gasteiger partial charge in [0, 0.05) is 12.6 Å². The molecule has 0 saturated heterocycles. The number of benzene rings is 1. The van der Waals surface area contributed by atoms with Crippen LogP contribution in [0.15, 0.2) is 33.7 Å². The van der Waals surface area contributed by atoms with Crippen molar-refractivity contribution in [1.82, 2.24) is 9.88 Å². The Balaban J connectivity index is 2.21. The summed E-state index contributed by atoms with van der Waals surface area (Å²) in [6.07, 6.45) is 0. The van der Waals surface area contributed by atoms with Crippen LogP contribution in [0.1, 0.15) is 22.6 Å². The van der Waals surface area contributed by atoms with Gasteiger partial charge in [-0.2, -0.15) is 0 Å². The fourth-order valence-electron chi connectivity index (χ4n) is 1.80. The van der Waals surface area contributed by atoms with Gasteiger partial charge >= 0.3 is 0 Å². The lowest BCUT2D eigenvalue weighted by Crippen LogP contribution is -2.24. The molecule has 1 heterocycles. The van der Waals surface area contributed by atoms with E-state index in [1.54, 1.807) is 32.0 Å². The van der Waals surface area contributed by atoms with Crippen LogP contribution in [0.2, 0.25) is 0 Å². The highest BCUT2D eigenvalue weighted by Crippen LogP contribution is 2.17. The van der Waals surface area contributed by atoms with Gasteiger partial charge < -0.3 is 10.3 Å². The Morgan fingerprint density at radius 2 is 2.05 bits per heavy atom. The molecule has 0 fully saturated rings. The second-order valence-electron chi connectivity index (χ2n) is 4.56. The molecule has 0 bridgehead atoms. The van der Waals surface area contributed by atoms with Gasteiger partial charge in [-0.15, -0.1) is 0 Å². The van der Waals surface area contributed by atoms with E-state index in [0.29, 0.717) is 23.6 Å². The van der Waals surface area contributed by atoms with Gasteiger partial charge in [0.05, 0.1) is 17.1 Å². The Hall–Kier alpha value is -1.70. The van der Waals surface area contributed by atoms with Gasteiger partial charge in [0.25, 0.3) is 0 Å². The largest absolute Gasteiger partial charge is 0.360 e. The van der Waals surface area contributed by atoms with E-state index in [0.717, 1.165) is 5.56 Å². The number of rotatable bonds is 5. The van der Waals surface area contributed by atoms with E-state index < -0.39 is 10.0 Å². The molecule has 2 aromatic rings. The maximum Gasteiger partial charge on any atom is 0.241 e. The van der Waals surface area contributed by atoms with Crippen molar-refractivity contribution in [3.05, 3.63) is 46.8 Å². The van der Waals surface area contributed by atoms with Crippen LogP contribution in [-0.2, 0) is 23.1 Å². The number of aromatic nitrogens is 1. The summed E-state index contributed by atoms with van der Waals surface area (Å²) in [5, 5.41) is 3.71. The molecule has 0 saturated carbocycles. The molecule has 7 heteroatoms. The van der Waals surface area contributed by atoms with Crippen molar-refractivity contribution >= 4 is 10.0 Å². The van der Waals surface area contributed by atoms with Gasteiger partial charge in [-0.3, -0.25) is 0 Å². The molecule has 0 spiro atoms. The zero-order valence-corrected chi connectivity index (χ0v) is 12.2. The fraction of sp³-hybridized carbons (Fsp3) is 0.308. The minimum Gasteiger partial charge on any atom is -0.360 e. The summed E-state index contributed by atoms with van der Waals surface area (Å²) in [6, 6.07) is 6.83. The lowest BCUT2D eigenvalue weighted by molar-refractivity contribution is 0.377. The molecule has 0 aliphatic rings. The predicted octanol–water partition coefficient (Wildman–Crippen LogP) is 1.23. The molecule has 0 atom stereocenters. The number of hydrogen-bond acceptors (Lipinski definition) is 5. The summed E-state index contributed by atoms with van der Waals surface area (Å²) < 4.78 is 32.0. The second kappa shape index (κ2) is 5.74. The molecule has 108 valence electrons. The normalized spacial score (nSPS) is 11.8. The molecule has 0 radical (unpaired) electrons. The number of aryl methyl sites for hydroxylation is 2. The van der Waals surface area contributed by atoms with E-state index in [1.807, 2.05) is 6.07 Å². The number of nitrogens with two attached hydrogens (primary N) is 1. The van der Waals surface area contributed by atoms with E-state index in [1.165, 1.54) is 0 Å². The summed E-state index contributed by atoms with van der Waals surface area (Å²) in [6.45, 7) is 3.88. The molecule has 6 nitrogen and oxygen atoms in total. The van der Waals surface area contributed by atoms with Crippen LogP contribution in [0.5, 0.6) is 0 Å². The summed E-state index contributed by atoms with van der Waals surface area (Å²) in [5.41, 5.74) is 7.69. The molecule has 0 aliphatic carbocycles. The molecule has 3 N–H and O–H groups in total. The third-order valence-electron chi connectivity index (χ3n) is 2.89. The quantitative estimate of drug-likeness (QED) is 0.864. The SMILES string of the molecule is Cc1cc(CNS(=O)(=O)c2cc(CN)ccc2C)on1. The first kappa shape index (κ1) is 14.7. The average Bonchev–Trinajstić information content (AvgIpc) is 2.83. The summed E-state index contributed by atoms with van der Waals surface area (Å²) in [5.74, 6) is 0.471. The van der Waals surface area contributed by atoms with E-state index in [-0.39, 0.29) is 11.4 Å². The first-order chi connectivity index (χ1) is 9.42. The van der Waals surface area contributed by atoms with Crippen molar-refractivity contribution in [2.24, 2.45) is 5.73 Å². The summed E-state index contributed by atoms with van der Waals surface area (Å²) >= 11 is 0. The van der Waals surface area contributed by atoms with Gasteiger partial charge in [0.15, 0.2) is 5.76 Å². The average molecular weight is 295 g/mol. The van der Waals surface area contributed by atoms with Gasteiger partial charge in [0.1, 0.15) is 0 Å². The predicted molar refractivity (Wildman–Crippen MR) is 74.3 cm³/mol. The van der Waals surface area contributed by atoms with E-state index in [2.05, 4.69) is 9.88 Å². The Morgan fingerprint density at radius 3 is 2.65 bits per heavy atom. The Morgan fingerprint density at radius 1 is 1.30 bits per heavy atom. The van der Waals surface area contributed by atoms with E-state index in [4.69, 9.17) is 10.3 Å². The van der Waals surface area contributed by atoms with Crippen molar-refractivity contribution in [1.29, 1.82) is 0 Å². The number of hydrogen-bond donors (Lipinski definition) is 2. The Bertz CT molecular complexity index is 707. The third kappa shape index (κ3) is 3.24. The standard InChI is InChI=1S/C13H17N3O3S/c1-9-3-4-11(7-14)6-13(9)20(17,18)15-8-12-5-10(2)16-19-12/h3-6,15H,7-8,14H2,1-2H3. The summed E-state index contributed by atoms with van der Waals surface area (Å²) in [7, 11) is -3.61. The number of nitrogens with zero attached hydrogens (tertiary/aromatic N) is 1. The molecule has 20 heavy (non-hydrogen) atoms. The lowest BCUT2D eigenvalue weighted by Gasteiger charge is -2.09. The highest BCUT2D eigenvalue weighted by atomic mass is 32.2. The topological polar surface area (TPSA) is 98.2 Å². The van der Waals surface area contributed by atoms with E-state index >= 15 is 0 Å². The van der Waals surface area contributed by atoms with Crippen LogP contribution in [0.3, 0.4) is 0 Å². The number of sulfonamides is 1. The van der Waals surface area contributed by atoms with Crippen LogP contribution >= 0.6 is 0 Å². The maximum atomic E-state index is 12.3. The number of nitrogens with one attached hydrogen (secondary N) is 1. The van der Waals surface area contributed by atoms with Crippen LogP contribution < -0.4 is 10.5 Å². The van der Waals surface area contributed by atoms with Crippen molar-refractivity contribution < 1.29 is 12.9 Å². The van der Waals surface area contributed by atoms with E-state index in [9.17, 15) is 8.42 Å². The van der Waals surface area contributed by atoms with Crippen LogP contribution in [-0.4, -0.2) is 13.6 Å². The van der Waals surface area contributed by atoms with Crippen LogP contribution in [0, 0.1) is 13.8 Å². The van der Waals surface area contributed by atoms with Gasteiger partial charge in [0.2, 0.25) is 10.0 Å². The first-order valence-corrected chi connectivity index (χ1v) is 7.62. The molecule has 1 aromatic heterocycles. The monoisotopic (exact) mass is 295 g/mol. The van der Waals surface area contributed by atoms with Gasteiger partial charge in [-0.05, 0) is 31.0 Å². The minimum absolute atomic E-state index is 0.0649. The van der Waals surface area contributed by atoms with Crippen molar-refractivity contribution in [2.75, 3.05) is 0 Å². The third-order valence-corrected chi connectivity index (χ3v) is 4.43. The molecule has 1 aromatic carbocycles. The zero-order valence-electron chi connectivity index (χ0n) is 11.4. The highest BCUT2D eigenvalue weighted by Gasteiger charge is 2.17. The fourth-order valence-corrected chi connectivity index (χ4v) is 3.09. The van der Waals surface area contributed by atoms with Crippen LogP contribution in [0.4, 0.5) is 0 Å². The Labute approximate surface area is 118 Å². The zero-order chi connectivity index (χ0) is 14.8.